The lowest BCUT2D eigenvalue weighted by Crippen LogP contribution is -2.40. The minimum Gasteiger partial charge on any atom is -0.444 e. The quantitative estimate of drug-likeness (QED) is 0.278. The summed E-state index contributed by atoms with van der Waals surface area (Å²) in [5.41, 5.74) is 1.55. The zero-order valence-corrected chi connectivity index (χ0v) is 23.1. The van der Waals surface area contributed by atoms with Gasteiger partial charge in [-0.1, -0.05) is 50.8 Å². The number of carbonyl (C=O) groups excluding carboxylic acids is 2. The van der Waals surface area contributed by atoms with E-state index < -0.39 is 0 Å². The first-order valence-electron chi connectivity index (χ1n) is 12.3. The fraction of sp³-hybridized carbons (Fsp3) is 0.407. The Labute approximate surface area is 226 Å². The molecule has 0 unspecified atom stereocenters. The van der Waals surface area contributed by atoms with Crippen LogP contribution in [0.2, 0.25) is 0 Å². The summed E-state index contributed by atoms with van der Waals surface area (Å²) < 4.78 is 6.91. The van der Waals surface area contributed by atoms with Crippen molar-refractivity contribution in [1.82, 2.24) is 15.3 Å². The number of aromatic nitrogens is 2. The standard InChI is InChI=1S/C27H33N5O3S2/c1-5-22(33)31-20-8-6-18(7-9-20)16-32(25(34)19-10-12-28-13-11-19)26-30-15-24(37-26)36-17-23-29-14-21(35-23)27(2,3)4/h5-9,14-15,19,28H,1,10-13,16-17H2,2-4H3,(H,31,33). The normalized spacial score (nSPS) is 14.4. The zero-order valence-electron chi connectivity index (χ0n) is 21.5. The number of oxazole rings is 1. The minimum atomic E-state index is -0.261. The summed E-state index contributed by atoms with van der Waals surface area (Å²) in [6.07, 6.45) is 6.47. The van der Waals surface area contributed by atoms with Gasteiger partial charge in [-0.2, -0.15) is 0 Å². The van der Waals surface area contributed by atoms with Crippen LogP contribution in [0.15, 0.2) is 57.9 Å². The van der Waals surface area contributed by atoms with Crippen LogP contribution in [0.5, 0.6) is 0 Å². The predicted octanol–water partition coefficient (Wildman–Crippen LogP) is 5.38. The molecule has 0 radical (unpaired) electrons. The molecule has 0 aliphatic carbocycles. The van der Waals surface area contributed by atoms with Crippen LogP contribution >= 0.6 is 23.1 Å². The van der Waals surface area contributed by atoms with E-state index in [1.165, 1.54) is 17.4 Å². The second-order valence-electron chi connectivity index (χ2n) is 9.96. The topological polar surface area (TPSA) is 100 Å². The average Bonchev–Trinajstić information content (AvgIpc) is 3.57. The largest absolute Gasteiger partial charge is 0.444 e. The SMILES string of the molecule is C=CC(=O)Nc1ccc(CN(C(=O)C2CCNCC2)c2ncc(SCc3ncc(C(C)(C)C)o3)s2)cc1. The molecule has 3 heterocycles. The van der Waals surface area contributed by atoms with Crippen molar-refractivity contribution in [3.8, 4) is 0 Å². The molecule has 3 aromatic rings. The summed E-state index contributed by atoms with van der Waals surface area (Å²) in [4.78, 5) is 36.0. The molecular formula is C27H33N5O3S2. The summed E-state index contributed by atoms with van der Waals surface area (Å²) in [6, 6.07) is 7.49. The molecule has 1 aromatic carbocycles. The Morgan fingerprint density at radius 2 is 1.95 bits per heavy atom. The second-order valence-corrected chi connectivity index (χ2v) is 12.2. The van der Waals surface area contributed by atoms with Crippen molar-refractivity contribution in [3.05, 3.63) is 66.5 Å². The molecule has 2 amide bonds. The second kappa shape index (κ2) is 12.1. The number of piperidine rings is 1. The van der Waals surface area contributed by atoms with E-state index in [1.54, 1.807) is 22.9 Å². The third kappa shape index (κ3) is 7.30. The van der Waals surface area contributed by atoms with Crippen molar-refractivity contribution in [2.45, 2.75) is 55.5 Å². The highest BCUT2D eigenvalue weighted by molar-refractivity contribution is 8.00. The zero-order chi connectivity index (χ0) is 26.4. The fourth-order valence-electron chi connectivity index (χ4n) is 3.90. The van der Waals surface area contributed by atoms with Gasteiger partial charge in [-0.25, -0.2) is 9.97 Å². The van der Waals surface area contributed by atoms with Crippen molar-refractivity contribution >= 4 is 45.7 Å². The van der Waals surface area contributed by atoms with Gasteiger partial charge in [0.25, 0.3) is 0 Å². The summed E-state index contributed by atoms with van der Waals surface area (Å²) in [7, 11) is 0. The van der Waals surface area contributed by atoms with Crippen LogP contribution in [0, 0.1) is 5.92 Å². The maximum atomic E-state index is 13.6. The first-order valence-corrected chi connectivity index (χ1v) is 14.1. The number of rotatable bonds is 9. The van der Waals surface area contributed by atoms with Crippen LogP contribution < -0.4 is 15.5 Å². The molecule has 10 heteroatoms. The molecule has 0 spiro atoms. The van der Waals surface area contributed by atoms with E-state index in [4.69, 9.17) is 4.42 Å². The third-order valence-electron chi connectivity index (χ3n) is 6.04. The molecule has 4 rings (SSSR count). The number of hydrogen-bond donors (Lipinski definition) is 2. The first kappa shape index (κ1) is 27.1. The number of amides is 2. The van der Waals surface area contributed by atoms with Gasteiger partial charge in [0.05, 0.1) is 28.9 Å². The van der Waals surface area contributed by atoms with Crippen molar-refractivity contribution < 1.29 is 14.0 Å². The highest BCUT2D eigenvalue weighted by atomic mass is 32.2. The Morgan fingerprint density at radius 1 is 1.22 bits per heavy atom. The molecule has 0 bridgehead atoms. The van der Waals surface area contributed by atoms with Crippen LogP contribution in [-0.2, 0) is 27.3 Å². The molecule has 2 N–H and O–H groups in total. The highest BCUT2D eigenvalue weighted by Crippen LogP contribution is 2.35. The van der Waals surface area contributed by atoms with Crippen LogP contribution in [0.4, 0.5) is 10.8 Å². The van der Waals surface area contributed by atoms with Gasteiger partial charge in [0.15, 0.2) is 5.13 Å². The number of thiazole rings is 1. The molecule has 2 aromatic heterocycles. The van der Waals surface area contributed by atoms with Gasteiger partial charge in [-0.05, 0) is 49.7 Å². The Morgan fingerprint density at radius 3 is 2.59 bits per heavy atom. The van der Waals surface area contributed by atoms with E-state index in [1.807, 2.05) is 30.5 Å². The molecule has 0 saturated carbocycles. The van der Waals surface area contributed by atoms with E-state index in [9.17, 15) is 9.59 Å². The highest BCUT2D eigenvalue weighted by Gasteiger charge is 2.29. The molecule has 8 nitrogen and oxygen atoms in total. The van der Waals surface area contributed by atoms with Crippen molar-refractivity contribution in [2.75, 3.05) is 23.3 Å². The molecule has 37 heavy (non-hydrogen) atoms. The van der Waals surface area contributed by atoms with E-state index in [-0.39, 0.29) is 23.1 Å². The molecule has 1 fully saturated rings. The number of nitrogens with zero attached hydrogens (tertiary/aromatic N) is 3. The van der Waals surface area contributed by atoms with Gasteiger partial charge in [0.1, 0.15) is 5.76 Å². The van der Waals surface area contributed by atoms with Crippen LogP contribution in [0.3, 0.4) is 0 Å². The summed E-state index contributed by atoms with van der Waals surface area (Å²) >= 11 is 3.11. The van der Waals surface area contributed by atoms with E-state index >= 15 is 0 Å². The lowest BCUT2D eigenvalue weighted by atomic mass is 9.94. The molecular weight excluding hydrogens is 506 g/mol. The molecule has 1 aliphatic heterocycles. The smallest absolute Gasteiger partial charge is 0.247 e. The Balaban J connectivity index is 1.48. The number of carbonyl (C=O) groups is 2. The molecule has 0 atom stereocenters. The van der Waals surface area contributed by atoms with Gasteiger partial charge < -0.3 is 15.1 Å². The van der Waals surface area contributed by atoms with Crippen LogP contribution in [-0.4, -0.2) is 34.9 Å². The third-order valence-corrected chi connectivity index (χ3v) is 8.24. The Bertz CT molecular complexity index is 1220. The van der Waals surface area contributed by atoms with Crippen LogP contribution in [0.1, 0.15) is 50.8 Å². The van der Waals surface area contributed by atoms with E-state index in [0.717, 1.165) is 41.5 Å². The van der Waals surface area contributed by atoms with Crippen LogP contribution in [0.25, 0.3) is 0 Å². The maximum Gasteiger partial charge on any atom is 0.247 e. The molecule has 1 saturated heterocycles. The monoisotopic (exact) mass is 539 g/mol. The molecule has 196 valence electrons. The average molecular weight is 540 g/mol. The first-order chi connectivity index (χ1) is 17.7. The van der Waals surface area contributed by atoms with Gasteiger partial charge in [-0.3, -0.25) is 14.5 Å². The Hall–Kier alpha value is -2.95. The number of nitrogens with one attached hydrogen (secondary N) is 2. The minimum absolute atomic E-state index is 0.0319. The molecule has 1 aliphatic rings. The predicted molar refractivity (Wildman–Crippen MR) is 149 cm³/mol. The lowest BCUT2D eigenvalue weighted by molar-refractivity contribution is -0.123. The number of anilines is 2. The summed E-state index contributed by atoms with van der Waals surface area (Å²) in [5.74, 6) is 1.94. The lowest BCUT2D eigenvalue weighted by Gasteiger charge is -2.28. The van der Waals surface area contributed by atoms with Gasteiger partial charge in [0.2, 0.25) is 17.7 Å². The maximum absolute atomic E-state index is 13.6. The van der Waals surface area contributed by atoms with E-state index in [0.29, 0.717) is 29.0 Å². The van der Waals surface area contributed by atoms with Crippen molar-refractivity contribution in [3.63, 3.8) is 0 Å². The van der Waals surface area contributed by atoms with Crippen molar-refractivity contribution in [2.24, 2.45) is 5.92 Å². The fourth-order valence-corrected chi connectivity index (χ4v) is 5.72. The van der Waals surface area contributed by atoms with Gasteiger partial charge in [-0.15, -0.1) is 11.8 Å². The van der Waals surface area contributed by atoms with Gasteiger partial charge >= 0.3 is 0 Å². The number of benzene rings is 1. The van der Waals surface area contributed by atoms with Gasteiger partial charge in [0, 0.05) is 17.0 Å². The summed E-state index contributed by atoms with van der Waals surface area (Å²) in [5, 5.41) is 6.76. The number of thioether (sulfide) groups is 1. The van der Waals surface area contributed by atoms with Crippen molar-refractivity contribution in [1.29, 1.82) is 0 Å². The van der Waals surface area contributed by atoms with E-state index in [2.05, 4.69) is 48.0 Å². The Kier molecular flexibility index (Phi) is 8.83. The number of hydrogen-bond acceptors (Lipinski definition) is 8. The summed E-state index contributed by atoms with van der Waals surface area (Å²) in [6.45, 7) is 11.9.